The molecule has 6 heteroatoms. The van der Waals surface area contributed by atoms with Crippen LogP contribution in [-0.4, -0.2) is 38.2 Å². The van der Waals surface area contributed by atoms with Crippen molar-refractivity contribution < 1.29 is 23.5 Å². The Hall–Kier alpha value is -1.95. The van der Waals surface area contributed by atoms with Gasteiger partial charge in [0.25, 0.3) is 5.91 Å². The van der Waals surface area contributed by atoms with Crippen LogP contribution >= 0.6 is 0 Å². The number of hydrogen-bond acceptors (Lipinski definition) is 4. The lowest BCUT2D eigenvalue weighted by Crippen LogP contribution is -2.37. The van der Waals surface area contributed by atoms with E-state index in [0.29, 0.717) is 31.6 Å². The maximum atomic E-state index is 13.1. The zero-order chi connectivity index (χ0) is 17.2. The van der Waals surface area contributed by atoms with Gasteiger partial charge in [0, 0.05) is 20.3 Å². The van der Waals surface area contributed by atoms with Crippen molar-refractivity contribution in [3.63, 3.8) is 0 Å². The molecule has 0 spiro atoms. The summed E-state index contributed by atoms with van der Waals surface area (Å²) in [7, 11) is 1.59. The second kappa shape index (κ2) is 9.94. The number of halogens is 1. The Balaban J connectivity index is 2.40. The first-order valence-electron chi connectivity index (χ1n) is 7.65. The molecule has 0 fully saturated rings. The van der Waals surface area contributed by atoms with Crippen molar-refractivity contribution in [1.29, 1.82) is 0 Å². The van der Waals surface area contributed by atoms with Gasteiger partial charge in [-0.3, -0.25) is 9.59 Å². The molecule has 0 aliphatic carbocycles. The molecule has 0 saturated heterocycles. The molecule has 23 heavy (non-hydrogen) atoms. The lowest BCUT2D eigenvalue weighted by molar-refractivity contribution is -0.158. The van der Waals surface area contributed by atoms with E-state index in [2.05, 4.69) is 5.32 Å². The zero-order valence-corrected chi connectivity index (χ0v) is 13.8. The van der Waals surface area contributed by atoms with Gasteiger partial charge in [-0.1, -0.05) is 19.1 Å². The average molecular weight is 325 g/mol. The molecule has 0 radical (unpaired) electrons. The van der Waals surface area contributed by atoms with Gasteiger partial charge in [0.1, 0.15) is 5.82 Å². The molecule has 1 N–H and O–H groups in total. The Labute approximate surface area is 136 Å². The van der Waals surface area contributed by atoms with Crippen LogP contribution in [0, 0.1) is 11.7 Å². The maximum absolute atomic E-state index is 13.1. The van der Waals surface area contributed by atoms with Crippen LogP contribution in [0.2, 0.25) is 0 Å². The van der Waals surface area contributed by atoms with E-state index in [4.69, 9.17) is 9.47 Å². The number of carbonyl (C=O) groups excluding carboxylic acids is 2. The van der Waals surface area contributed by atoms with E-state index < -0.39 is 18.0 Å². The molecule has 1 aromatic rings. The molecule has 1 rings (SSSR count). The molecule has 2 atom stereocenters. The number of ether oxygens (including phenoxy) is 2. The summed E-state index contributed by atoms with van der Waals surface area (Å²) in [4.78, 5) is 23.8. The molecule has 0 aromatic heterocycles. The Bertz CT molecular complexity index is 521. The third-order valence-electron chi connectivity index (χ3n) is 3.32. The number of methoxy groups -OCH3 is 1. The maximum Gasteiger partial charge on any atom is 0.309 e. The van der Waals surface area contributed by atoms with Gasteiger partial charge in [0.05, 0.1) is 5.92 Å². The molecule has 0 aliphatic rings. The first-order valence-corrected chi connectivity index (χ1v) is 7.65. The quantitative estimate of drug-likeness (QED) is 0.558. The van der Waals surface area contributed by atoms with Crippen molar-refractivity contribution in [3.05, 3.63) is 35.6 Å². The van der Waals surface area contributed by atoms with Gasteiger partial charge in [-0.15, -0.1) is 0 Å². The lowest BCUT2D eigenvalue weighted by atomic mass is 10.0. The Morgan fingerprint density at radius 1 is 1.30 bits per heavy atom. The van der Waals surface area contributed by atoms with Crippen LogP contribution in [0.25, 0.3) is 0 Å². The van der Waals surface area contributed by atoms with Crippen molar-refractivity contribution in [2.45, 2.75) is 32.8 Å². The molecule has 1 amide bonds. The summed E-state index contributed by atoms with van der Waals surface area (Å²) in [5.74, 6) is -1.62. The van der Waals surface area contributed by atoms with Crippen LogP contribution in [-0.2, 0) is 25.5 Å². The minimum Gasteiger partial charge on any atom is -0.452 e. The molecule has 0 aliphatic heterocycles. The number of amides is 1. The van der Waals surface area contributed by atoms with Gasteiger partial charge in [0.15, 0.2) is 6.10 Å². The fraction of sp³-hybridized carbons (Fsp3) is 0.529. The average Bonchev–Trinajstić information content (AvgIpc) is 2.51. The molecule has 0 bridgehead atoms. The predicted octanol–water partition coefficient (Wildman–Crippen LogP) is 2.09. The van der Waals surface area contributed by atoms with E-state index in [1.807, 2.05) is 0 Å². The van der Waals surface area contributed by atoms with E-state index >= 15 is 0 Å². The topological polar surface area (TPSA) is 64.6 Å². The van der Waals surface area contributed by atoms with Crippen LogP contribution in [0.4, 0.5) is 4.39 Å². The van der Waals surface area contributed by atoms with Gasteiger partial charge >= 0.3 is 5.97 Å². The van der Waals surface area contributed by atoms with Crippen LogP contribution < -0.4 is 5.32 Å². The smallest absolute Gasteiger partial charge is 0.309 e. The van der Waals surface area contributed by atoms with Gasteiger partial charge in [0.2, 0.25) is 0 Å². The van der Waals surface area contributed by atoms with Crippen molar-refractivity contribution in [3.8, 4) is 0 Å². The largest absolute Gasteiger partial charge is 0.452 e. The van der Waals surface area contributed by atoms with Crippen molar-refractivity contribution >= 4 is 11.9 Å². The van der Waals surface area contributed by atoms with Crippen LogP contribution in [0.15, 0.2) is 24.3 Å². The Morgan fingerprint density at radius 2 is 2.04 bits per heavy atom. The zero-order valence-electron chi connectivity index (χ0n) is 13.8. The lowest BCUT2D eigenvalue weighted by Gasteiger charge is -2.16. The second-order valence-corrected chi connectivity index (χ2v) is 5.45. The second-order valence-electron chi connectivity index (χ2n) is 5.45. The van der Waals surface area contributed by atoms with E-state index in [-0.39, 0.29) is 11.7 Å². The summed E-state index contributed by atoms with van der Waals surface area (Å²) in [6, 6.07) is 6.08. The van der Waals surface area contributed by atoms with Gasteiger partial charge in [-0.05, 0) is 37.5 Å². The highest BCUT2D eigenvalue weighted by Gasteiger charge is 2.22. The first kappa shape index (κ1) is 19.1. The summed E-state index contributed by atoms with van der Waals surface area (Å²) in [5, 5.41) is 2.67. The van der Waals surface area contributed by atoms with E-state index in [1.165, 1.54) is 19.1 Å². The summed E-state index contributed by atoms with van der Waals surface area (Å²) in [5.41, 5.74) is 0.714. The minimum atomic E-state index is -0.861. The number of esters is 1. The highest BCUT2D eigenvalue weighted by atomic mass is 19.1. The number of rotatable bonds is 9. The minimum absolute atomic E-state index is 0.340. The molecule has 5 nitrogen and oxygen atoms in total. The number of nitrogens with one attached hydrogen (secondary N) is 1. The Kier molecular flexibility index (Phi) is 8.26. The third kappa shape index (κ3) is 7.23. The van der Waals surface area contributed by atoms with Crippen molar-refractivity contribution in [1.82, 2.24) is 5.32 Å². The molecular formula is C17H24FNO4. The molecule has 0 saturated carbocycles. The van der Waals surface area contributed by atoms with Gasteiger partial charge < -0.3 is 14.8 Å². The van der Waals surface area contributed by atoms with Crippen LogP contribution in [0.1, 0.15) is 25.8 Å². The Morgan fingerprint density at radius 3 is 2.70 bits per heavy atom. The summed E-state index contributed by atoms with van der Waals surface area (Å²) >= 11 is 0. The van der Waals surface area contributed by atoms with Gasteiger partial charge in [-0.25, -0.2) is 4.39 Å². The molecule has 2 unspecified atom stereocenters. The highest BCUT2D eigenvalue weighted by Crippen LogP contribution is 2.12. The summed E-state index contributed by atoms with van der Waals surface area (Å²) in [6.45, 7) is 4.24. The van der Waals surface area contributed by atoms with Crippen LogP contribution in [0.3, 0.4) is 0 Å². The fourth-order valence-corrected chi connectivity index (χ4v) is 2.02. The summed E-state index contributed by atoms with van der Waals surface area (Å²) in [6.07, 6.45) is 0.192. The molecular weight excluding hydrogens is 301 g/mol. The number of hydrogen-bond donors (Lipinski definition) is 1. The third-order valence-corrected chi connectivity index (χ3v) is 3.32. The van der Waals surface area contributed by atoms with E-state index in [1.54, 1.807) is 26.2 Å². The van der Waals surface area contributed by atoms with E-state index in [9.17, 15) is 14.0 Å². The fourth-order valence-electron chi connectivity index (χ4n) is 2.02. The number of carbonyl (C=O) groups is 2. The summed E-state index contributed by atoms with van der Waals surface area (Å²) < 4.78 is 23.2. The van der Waals surface area contributed by atoms with Gasteiger partial charge in [-0.2, -0.15) is 0 Å². The molecule has 1 aromatic carbocycles. The van der Waals surface area contributed by atoms with E-state index in [0.717, 1.165) is 0 Å². The monoisotopic (exact) mass is 325 g/mol. The predicted molar refractivity (Wildman–Crippen MR) is 84.3 cm³/mol. The normalized spacial score (nSPS) is 13.2. The highest BCUT2D eigenvalue weighted by molar-refractivity contribution is 5.83. The molecule has 0 heterocycles. The van der Waals surface area contributed by atoms with Crippen LogP contribution in [0.5, 0.6) is 0 Å². The standard InChI is InChI=1S/C17H24FNO4/c1-12(10-14-6-4-7-15(18)11-14)17(21)23-13(2)16(20)19-8-5-9-22-3/h4,6-7,11-13H,5,8-10H2,1-3H3,(H,19,20). The first-order chi connectivity index (χ1) is 10.9. The van der Waals surface area contributed by atoms with Crippen molar-refractivity contribution in [2.24, 2.45) is 5.92 Å². The molecule has 128 valence electrons. The SMILES string of the molecule is COCCCNC(=O)C(C)OC(=O)C(C)Cc1cccc(F)c1. The number of benzene rings is 1. The van der Waals surface area contributed by atoms with Crippen molar-refractivity contribution in [2.75, 3.05) is 20.3 Å².